The van der Waals surface area contributed by atoms with Gasteiger partial charge >= 0.3 is 0 Å². The van der Waals surface area contributed by atoms with Crippen molar-refractivity contribution in [1.82, 2.24) is 19.4 Å². The Morgan fingerprint density at radius 2 is 2.11 bits per heavy atom. The molecular weight excluding hydrogens is 348 g/mol. The van der Waals surface area contributed by atoms with E-state index in [9.17, 15) is 4.79 Å². The number of hydrogen-bond donors (Lipinski definition) is 0. The van der Waals surface area contributed by atoms with Gasteiger partial charge in [-0.05, 0) is 56.4 Å². The van der Waals surface area contributed by atoms with E-state index in [4.69, 9.17) is 0 Å². The van der Waals surface area contributed by atoms with Crippen LogP contribution in [0.3, 0.4) is 0 Å². The number of benzene rings is 1. The van der Waals surface area contributed by atoms with Crippen LogP contribution in [0.15, 0.2) is 61.2 Å². The summed E-state index contributed by atoms with van der Waals surface area (Å²) in [5, 5.41) is 0. The molecule has 144 valence electrons. The second kappa shape index (κ2) is 8.38. The molecule has 1 amide bonds. The summed E-state index contributed by atoms with van der Waals surface area (Å²) in [4.78, 5) is 24.0. The van der Waals surface area contributed by atoms with Crippen LogP contribution < -0.4 is 0 Å². The molecule has 1 aromatic carbocycles. The number of aryl methyl sites for hydroxylation is 2. The molecule has 28 heavy (non-hydrogen) atoms. The van der Waals surface area contributed by atoms with Crippen molar-refractivity contribution in [2.45, 2.75) is 38.1 Å². The highest BCUT2D eigenvalue weighted by Crippen LogP contribution is 2.25. The molecule has 1 saturated heterocycles. The third-order valence-electron chi connectivity index (χ3n) is 5.57. The number of amides is 1. The van der Waals surface area contributed by atoms with E-state index in [0.29, 0.717) is 0 Å². The maximum atomic E-state index is 13.3. The summed E-state index contributed by atoms with van der Waals surface area (Å²) >= 11 is 0. The van der Waals surface area contributed by atoms with Crippen LogP contribution >= 0.6 is 0 Å². The van der Waals surface area contributed by atoms with Gasteiger partial charge in [-0.3, -0.25) is 9.78 Å². The van der Waals surface area contributed by atoms with Gasteiger partial charge in [0.25, 0.3) is 5.91 Å². The average molecular weight is 374 g/mol. The van der Waals surface area contributed by atoms with Crippen LogP contribution in [0.4, 0.5) is 0 Å². The first-order chi connectivity index (χ1) is 13.7. The smallest absolute Gasteiger partial charge is 0.254 e. The summed E-state index contributed by atoms with van der Waals surface area (Å²) in [6.45, 7) is 0.835. The van der Waals surface area contributed by atoms with Gasteiger partial charge in [0.2, 0.25) is 0 Å². The van der Waals surface area contributed by atoms with Crippen LogP contribution in [0.5, 0.6) is 0 Å². The lowest BCUT2D eigenvalue weighted by atomic mass is 9.95. The first kappa shape index (κ1) is 18.4. The molecule has 2 aromatic heterocycles. The van der Waals surface area contributed by atoms with Crippen LogP contribution in [0, 0.1) is 0 Å². The molecule has 0 saturated carbocycles. The lowest BCUT2D eigenvalue weighted by molar-refractivity contribution is 0.0601. The molecule has 0 bridgehead atoms. The normalized spacial score (nSPS) is 16.9. The molecule has 0 unspecified atom stereocenters. The fourth-order valence-electron chi connectivity index (χ4n) is 4.04. The molecule has 0 spiro atoms. The van der Waals surface area contributed by atoms with Crippen LogP contribution in [-0.4, -0.2) is 37.9 Å². The number of aromatic nitrogens is 3. The first-order valence-electron chi connectivity index (χ1n) is 10.00. The Hall–Kier alpha value is -2.95. The van der Waals surface area contributed by atoms with Gasteiger partial charge < -0.3 is 9.47 Å². The van der Waals surface area contributed by atoms with Gasteiger partial charge in [0.05, 0.1) is 18.2 Å². The van der Waals surface area contributed by atoms with Crippen molar-refractivity contribution < 1.29 is 4.79 Å². The van der Waals surface area contributed by atoms with Crippen LogP contribution in [0.25, 0.3) is 11.3 Å². The van der Waals surface area contributed by atoms with E-state index in [0.717, 1.165) is 54.7 Å². The molecule has 5 nitrogen and oxygen atoms in total. The highest BCUT2D eigenvalue weighted by molar-refractivity contribution is 5.95. The summed E-state index contributed by atoms with van der Waals surface area (Å²) in [5.74, 6) is 0.134. The number of hydrogen-bond acceptors (Lipinski definition) is 3. The number of likely N-dealkylation sites (tertiary alicyclic amines) is 1. The Morgan fingerprint density at radius 1 is 1.18 bits per heavy atom. The average Bonchev–Trinajstić information content (AvgIpc) is 3.19. The van der Waals surface area contributed by atoms with Gasteiger partial charge in [-0.25, -0.2) is 4.98 Å². The fraction of sp³-hybridized carbons (Fsp3) is 0.348. The molecule has 3 heterocycles. The van der Waals surface area contributed by atoms with Gasteiger partial charge in [0.1, 0.15) is 0 Å². The second-order valence-corrected chi connectivity index (χ2v) is 7.48. The number of nitrogens with zero attached hydrogens (tertiary/aromatic N) is 4. The molecule has 3 aromatic rings. The van der Waals surface area contributed by atoms with Gasteiger partial charge in [-0.15, -0.1) is 0 Å². The zero-order chi connectivity index (χ0) is 19.3. The molecule has 1 aliphatic rings. The fourth-order valence-corrected chi connectivity index (χ4v) is 4.04. The minimum Gasteiger partial charge on any atom is -0.336 e. The quantitative estimate of drug-likeness (QED) is 0.675. The van der Waals surface area contributed by atoms with Crippen molar-refractivity contribution in [2.24, 2.45) is 7.05 Å². The summed E-state index contributed by atoms with van der Waals surface area (Å²) in [5.41, 5.74) is 3.88. The van der Waals surface area contributed by atoms with E-state index in [1.807, 2.05) is 60.4 Å². The largest absolute Gasteiger partial charge is 0.336 e. The molecule has 5 heteroatoms. The topological polar surface area (TPSA) is 51.0 Å². The predicted molar refractivity (Wildman–Crippen MR) is 110 cm³/mol. The Morgan fingerprint density at radius 3 is 2.89 bits per heavy atom. The number of carbonyl (C=O) groups excluding carboxylic acids is 1. The standard InChI is InChI=1S/C23H26N4O/c1-26-17-24-16-22(26)18-7-6-8-19(15-18)23(28)27-14-5-3-10-21(27)12-11-20-9-2-4-13-25-20/h2,4,6-9,13,15-17,21H,3,5,10-12,14H2,1H3/t21-/m0/s1. The first-order valence-corrected chi connectivity index (χ1v) is 10.00. The molecule has 1 aliphatic heterocycles. The van der Waals surface area contributed by atoms with E-state index < -0.39 is 0 Å². The van der Waals surface area contributed by atoms with Crippen LogP contribution in [0.2, 0.25) is 0 Å². The highest BCUT2D eigenvalue weighted by atomic mass is 16.2. The van der Waals surface area contributed by atoms with Crippen molar-refractivity contribution in [3.8, 4) is 11.3 Å². The highest BCUT2D eigenvalue weighted by Gasteiger charge is 2.27. The van der Waals surface area contributed by atoms with E-state index in [1.165, 1.54) is 6.42 Å². The third-order valence-corrected chi connectivity index (χ3v) is 5.57. The SMILES string of the molecule is Cn1cncc1-c1cccc(C(=O)N2CCCC[C@H]2CCc2ccccn2)c1. The Balaban J connectivity index is 1.51. The summed E-state index contributed by atoms with van der Waals surface area (Å²) in [6.07, 6.45) is 10.7. The monoisotopic (exact) mass is 374 g/mol. The van der Waals surface area contributed by atoms with E-state index in [2.05, 4.69) is 20.9 Å². The number of rotatable bonds is 5. The molecule has 0 aliphatic carbocycles. The molecular formula is C23H26N4O. The van der Waals surface area contributed by atoms with E-state index in [-0.39, 0.29) is 11.9 Å². The van der Waals surface area contributed by atoms with Gasteiger partial charge in [0, 0.05) is 42.7 Å². The van der Waals surface area contributed by atoms with E-state index in [1.54, 1.807) is 6.33 Å². The van der Waals surface area contributed by atoms with Gasteiger partial charge in [-0.2, -0.15) is 0 Å². The van der Waals surface area contributed by atoms with Crippen molar-refractivity contribution in [3.63, 3.8) is 0 Å². The van der Waals surface area contributed by atoms with Gasteiger partial charge in [-0.1, -0.05) is 18.2 Å². The Bertz CT molecular complexity index is 935. The molecule has 1 fully saturated rings. The number of carbonyl (C=O) groups is 1. The Kier molecular flexibility index (Phi) is 5.51. The number of piperidine rings is 1. The summed E-state index contributed by atoms with van der Waals surface area (Å²) in [6, 6.07) is 14.2. The van der Waals surface area contributed by atoms with Crippen molar-refractivity contribution >= 4 is 5.91 Å². The molecule has 0 N–H and O–H groups in total. The van der Waals surface area contributed by atoms with Gasteiger partial charge in [0.15, 0.2) is 0 Å². The predicted octanol–water partition coefficient (Wildman–Crippen LogP) is 4.11. The summed E-state index contributed by atoms with van der Waals surface area (Å²) in [7, 11) is 1.97. The van der Waals surface area contributed by atoms with Crippen LogP contribution in [-0.2, 0) is 13.5 Å². The lowest BCUT2D eigenvalue weighted by Gasteiger charge is -2.36. The van der Waals surface area contributed by atoms with Crippen molar-refractivity contribution in [3.05, 3.63) is 72.4 Å². The Labute approximate surface area is 166 Å². The zero-order valence-corrected chi connectivity index (χ0v) is 16.3. The van der Waals surface area contributed by atoms with E-state index >= 15 is 0 Å². The third kappa shape index (κ3) is 3.98. The number of imidazole rings is 1. The zero-order valence-electron chi connectivity index (χ0n) is 16.3. The molecule has 0 radical (unpaired) electrons. The van der Waals surface area contributed by atoms with Crippen molar-refractivity contribution in [1.29, 1.82) is 0 Å². The minimum atomic E-state index is 0.134. The maximum Gasteiger partial charge on any atom is 0.254 e. The van der Waals surface area contributed by atoms with Crippen molar-refractivity contribution in [2.75, 3.05) is 6.54 Å². The molecule has 1 atom stereocenters. The maximum absolute atomic E-state index is 13.3. The van der Waals surface area contributed by atoms with Crippen LogP contribution in [0.1, 0.15) is 41.7 Å². The lowest BCUT2D eigenvalue weighted by Crippen LogP contribution is -2.44. The molecule has 4 rings (SSSR count). The minimum absolute atomic E-state index is 0.134. The second-order valence-electron chi connectivity index (χ2n) is 7.48. The number of pyridine rings is 1. The summed E-state index contributed by atoms with van der Waals surface area (Å²) < 4.78 is 1.97.